The summed E-state index contributed by atoms with van der Waals surface area (Å²) in [5.41, 5.74) is 0. The summed E-state index contributed by atoms with van der Waals surface area (Å²) in [6, 6.07) is 0.313. The summed E-state index contributed by atoms with van der Waals surface area (Å²) >= 11 is 0. The van der Waals surface area contributed by atoms with Gasteiger partial charge in [0.1, 0.15) is 0 Å². The van der Waals surface area contributed by atoms with Crippen molar-refractivity contribution in [3.63, 3.8) is 0 Å². The number of carbonyl (C=O) groups excluding carboxylic acids is 1. The fourth-order valence-corrected chi connectivity index (χ4v) is 3.28. The molecule has 2 aliphatic carbocycles. The molecule has 2 aliphatic rings. The zero-order chi connectivity index (χ0) is 14.7. The van der Waals surface area contributed by atoms with Gasteiger partial charge in [0.05, 0.1) is 18.4 Å². The molecule has 2 saturated carbocycles. The minimum atomic E-state index is -0.818. The number of carbonyl (C=O) groups is 2. The molecule has 0 radical (unpaired) electrons. The van der Waals surface area contributed by atoms with Crippen molar-refractivity contribution in [3.05, 3.63) is 0 Å². The Hall–Kier alpha value is -1.10. The van der Waals surface area contributed by atoms with Crippen LogP contribution < -0.4 is 0 Å². The SMILES string of the molecule is CCC1C[C@H](C(=O)N(CCOC)C2CC2)[C@H](C(=O)O)C1. The molecule has 1 unspecified atom stereocenters. The van der Waals surface area contributed by atoms with Gasteiger partial charge in [-0.05, 0) is 31.6 Å². The molecule has 1 N–H and O–H groups in total. The third-order valence-electron chi connectivity index (χ3n) is 4.68. The second-order valence-electron chi connectivity index (χ2n) is 6.05. The Labute approximate surface area is 120 Å². The van der Waals surface area contributed by atoms with Crippen molar-refractivity contribution in [3.8, 4) is 0 Å². The molecule has 0 aliphatic heterocycles. The number of amides is 1. The standard InChI is InChI=1S/C15H25NO4/c1-3-10-8-12(13(9-10)15(18)19)14(17)16(6-7-20-2)11-4-5-11/h10-13H,3-9H2,1-2H3,(H,18,19)/t10?,12-,13+/m0/s1. The van der Waals surface area contributed by atoms with E-state index in [1.165, 1.54) is 0 Å². The molecule has 5 heteroatoms. The average Bonchev–Trinajstić information content (AvgIpc) is 3.16. The first-order chi connectivity index (χ1) is 9.58. The quantitative estimate of drug-likeness (QED) is 0.773. The Morgan fingerprint density at radius 3 is 2.40 bits per heavy atom. The maximum absolute atomic E-state index is 12.7. The Morgan fingerprint density at radius 1 is 1.25 bits per heavy atom. The molecule has 0 aromatic carbocycles. The summed E-state index contributed by atoms with van der Waals surface area (Å²) in [4.78, 5) is 26.0. The molecule has 0 saturated heterocycles. The zero-order valence-electron chi connectivity index (χ0n) is 12.4. The lowest BCUT2D eigenvalue weighted by atomic mass is 9.94. The molecule has 0 aromatic rings. The highest BCUT2D eigenvalue weighted by molar-refractivity contribution is 5.85. The van der Waals surface area contributed by atoms with Gasteiger partial charge in [-0.1, -0.05) is 13.3 Å². The first-order valence-corrected chi connectivity index (χ1v) is 7.60. The van der Waals surface area contributed by atoms with Crippen LogP contribution in [0.3, 0.4) is 0 Å². The largest absolute Gasteiger partial charge is 0.481 e. The summed E-state index contributed by atoms with van der Waals surface area (Å²) in [6.07, 6.45) is 4.40. The van der Waals surface area contributed by atoms with Gasteiger partial charge in [-0.15, -0.1) is 0 Å². The summed E-state index contributed by atoms with van der Waals surface area (Å²) in [6.45, 7) is 3.17. The summed E-state index contributed by atoms with van der Waals surface area (Å²) in [5, 5.41) is 9.36. The van der Waals surface area contributed by atoms with Gasteiger partial charge in [-0.3, -0.25) is 9.59 Å². The monoisotopic (exact) mass is 283 g/mol. The van der Waals surface area contributed by atoms with Gasteiger partial charge in [-0.25, -0.2) is 0 Å². The molecule has 0 spiro atoms. The second kappa shape index (κ2) is 6.57. The minimum absolute atomic E-state index is 0.0351. The predicted octanol–water partition coefficient (Wildman–Crippen LogP) is 1.76. The number of rotatable bonds is 7. The molecule has 0 aromatic heterocycles. The van der Waals surface area contributed by atoms with Gasteiger partial charge in [0, 0.05) is 19.7 Å². The van der Waals surface area contributed by atoms with Crippen molar-refractivity contribution in [1.29, 1.82) is 0 Å². The maximum atomic E-state index is 12.7. The van der Waals surface area contributed by atoms with Crippen LogP contribution in [0.15, 0.2) is 0 Å². The zero-order valence-corrected chi connectivity index (χ0v) is 12.4. The molecule has 0 heterocycles. The number of methoxy groups -OCH3 is 1. The van der Waals surface area contributed by atoms with Crippen LogP contribution in [0.4, 0.5) is 0 Å². The van der Waals surface area contributed by atoms with Gasteiger partial charge in [0.2, 0.25) is 5.91 Å². The van der Waals surface area contributed by atoms with Crippen molar-refractivity contribution in [1.82, 2.24) is 4.90 Å². The van der Waals surface area contributed by atoms with Crippen molar-refractivity contribution in [2.24, 2.45) is 17.8 Å². The lowest BCUT2D eigenvalue weighted by molar-refractivity contribution is -0.149. The Kier molecular flexibility index (Phi) is 5.02. The Bertz CT molecular complexity index is 367. The number of carboxylic acids is 1. The van der Waals surface area contributed by atoms with Crippen molar-refractivity contribution < 1.29 is 19.4 Å². The highest BCUT2D eigenvalue weighted by Crippen LogP contribution is 2.41. The number of nitrogens with zero attached hydrogens (tertiary/aromatic N) is 1. The third kappa shape index (κ3) is 3.32. The molecule has 1 amide bonds. The fraction of sp³-hybridized carbons (Fsp3) is 0.867. The van der Waals surface area contributed by atoms with Gasteiger partial charge in [0.25, 0.3) is 0 Å². The number of carboxylic acid groups (broad SMARTS) is 1. The normalized spacial score (nSPS) is 29.4. The van der Waals surface area contributed by atoms with Crippen LogP contribution in [-0.2, 0) is 14.3 Å². The van der Waals surface area contributed by atoms with Crippen LogP contribution >= 0.6 is 0 Å². The lowest BCUT2D eigenvalue weighted by Crippen LogP contribution is -2.42. The number of ether oxygens (including phenoxy) is 1. The van der Waals surface area contributed by atoms with Crippen LogP contribution in [-0.4, -0.2) is 48.2 Å². The number of hydrogen-bond acceptors (Lipinski definition) is 3. The van der Waals surface area contributed by atoms with E-state index in [1.54, 1.807) is 7.11 Å². The van der Waals surface area contributed by atoms with E-state index < -0.39 is 11.9 Å². The number of aliphatic carboxylic acids is 1. The van der Waals surface area contributed by atoms with E-state index in [-0.39, 0.29) is 11.8 Å². The van der Waals surface area contributed by atoms with Crippen molar-refractivity contribution >= 4 is 11.9 Å². The Balaban J connectivity index is 2.06. The Morgan fingerprint density at radius 2 is 1.90 bits per heavy atom. The van der Waals surface area contributed by atoms with Crippen LogP contribution in [0.1, 0.15) is 39.0 Å². The van der Waals surface area contributed by atoms with Crippen LogP contribution in [0.25, 0.3) is 0 Å². The highest BCUT2D eigenvalue weighted by atomic mass is 16.5. The van der Waals surface area contributed by atoms with E-state index in [2.05, 4.69) is 6.92 Å². The highest BCUT2D eigenvalue weighted by Gasteiger charge is 2.45. The molecule has 2 fully saturated rings. The lowest BCUT2D eigenvalue weighted by Gasteiger charge is -2.27. The smallest absolute Gasteiger partial charge is 0.307 e. The average molecular weight is 283 g/mol. The van der Waals surface area contributed by atoms with E-state index in [0.717, 1.165) is 25.7 Å². The molecule has 0 bridgehead atoms. The summed E-state index contributed by atoms with van der Waals surface area (Å²) < 4.78 is 5.07. The molecule has 20 heavy (non-hydrogen) atoms. The van der Waals surface area contributed by atoms with Crippen LogP contribution in [0.2, 0.25) is 0 Å². The minimum Gasteiger partial charge on any atom is -0.481 e. The van der Waals surface area contributed by atoms with E-state index in [0.29, 0.717) is 31.5 Å². The van der Waals surface area contributed by atoms with Crippen LogP contribution in [0, 0.1) is 17.8 Å². The van der Waals surface area contributed by atoms with Gasteiger partial charge in [-0.2, -0.15) is 0 Å². The fourth-order valence-electron chi connectivity index (χ4n) is 3.28. The molecular weight excluding hydrogens is 258 g/mol. The van der Waals surface area contributed by atoms with E-state index in [1.807, 2.05) is 4.90 Å². The van der Waals surface area contributed by atoms with Gasteiger partial charge in [0.15, 0.2) is 0 Å². The molecule has 2 rings (SSSR count). The summed E-state index contributed by atoms with van der Waals surface area (Å²) in [5.74, 6) is -1.26. The maximum Gasteiger partial charge on any atom is 0.307 e. The van der Waals surface area contributed by atoms with E-state index >= 15 is 0 Å². The van der Waals surface area contributed by atoms with Crippen LogP contribution in [0.5, 0.6) is 0 Å². The van der Waals surface area contributed by atoms with E-state index in [9.17, 15) is 14.7 Å². The predicted molar refractivity (Wildman–Crippen MR) is 74.2 cm³/mol. The topological polar surface area (TPSA) is 66.8 Å². The second-order valence-corrected chi connectivity index (χ2v) is 6.05. The van der Waals surface area contributed by atoms with Gasteiger partial charge >= 0.3 is 5.97 Å². The third-order valence-corrected chi connectivity index (χ3v) is 4.68. The molecule has 5 nitrogen and oxygen atoms in total. The summed E-state index contributed by atoms with van der Waals surface area (Å²) in [7, 11) is 1.62. The first-order valence-electron chi connectivity index (χ1n) is 7.60. The molecule has 114 valence electrons. The van der Waals surface area contributed by atoms with Crippen molar-refractivity contribution in [2.75, 3.05) is 20.3 Å². The van der Waals surface area contributed by atoms with Gasteiger partial charge < -0.3 is 14.7 Å². The van der Waals surface area contributed by atoms with Crippen molar-refractivity contribution in [2.45, 2.75) is 45.1 Å². The molecule has 3 atom stereocenters. The number of hydrogen-bond donors (Lipinski definition) is 1. The molecular formula is C15H25NO4. The first kappa shape index (κ1) is 15.3. The van der Waals surface area contributed by atoms with E-state index in [4.69, 9.17) is 4.74 Å².